The number of nitrogens with one attached hydrogen (secondary N) is 2. The zero-order valence-electron chi connectivity index (χ0n) is 10.5. The number of H-pyrrole nitrogens is 2. The molecule has 0 bridgehead atoms. The van der Waals surface area contributed by atoms with Gasteiger partial charge in [-0.3, -0.25) is 0 Å². The Labute approximate surface area is 105 Å². The third kappa shape index (κ3) is 1.17. The first-order valence-electron chi connectivity index (χ1n) is 6.23. The molecule has 0 saturated heterocycles. The Hall–Kier alpha value is -2.22. The standard InChI is InChI=1S/C16H14N2/c1-9-7-12-14(17-9)5-3-11-4-6-15-13(16(11)12)8-10(2)18-15/h3-8,17-18H,1-2H3. The Morgan fingerprint density at radius 1 is 0.722 bits per heavy atom. The van der Waals surface area contributed by atoms with Crippen LogP contribution in [-0.4, -0.2) is 9.97 Å². The summed E-state index contributed by atoms with van der Waals surface area (Å²) in [4.78, 5) is 6.82. The molecule has 0 spiro atoms. The molecule has 0 aliphatic heterocycles. The number of aromatic nitrogens is 2. The number of benzene rings is 2. The second-order valence-electron chi connectivity index (χ2n) is 5.06. The van der Waals surface area contributed by atoms with Gasteiger partial charge in [-0.15, -0.1) is 0 Å². The second-order valence-corrected chi connectivity index (χ2v) is 5.06. The molecule has 0 radical (unpaired) electrons. The topological polar surface area (TPSA) is 31.6 Å². The van der Waals surface area contributed by atoms with E-state index in [9.17, 15) is 0 Å². The molecular weight excluding hydrogens is 220 g/mol. The molecule has 18 heavy (non-hydrogen) atoms. The van der Waals surface area contributed by atoms with E-state index in [1.165, 1.54) is 44.0 Å². The first-order chi connectivity index (χ1) is 8.72. The minimum Gasteiger partial charge on any atom is -0.359 e. The van der Waals surface area contributed by atoms with E-state index in [0.29, 0.717) is 0 Å². The monoisotopic (exact) mass is 234 g/mol. The Kier molecular flexibility index (Phi) is 1.72. The van der Waals surface area contributed by atoms with E-state index in [1.54, 1.807) is 0 Å². The summed E-state index contributed by atoms with van der Waals surface area (Å²) in [5.41, 5.74) is 4.85. The molecule has 0 amide bonds. The van der Waals surface area contributed by atoms with E-state index in [0.717, 1.165) is 0 Å². The summed E-state index contributed by atoms with van der Waals surface area (Å²) < 4.78 is 0. The third-order valence-corrected chi connectivity index (χ3v) is 3.65. The van der Waals surface area contributed by atoms with Crippen molar-refractivity contribution in [3.8, 4) is 0 Å². The zero-order chi connectivity index (χ0) is 12.3. The maximum Gasteiger partial charge on any atom is 0.0462 e. The molecule has 2 aromatic heterocycles. The lowest BCUT2D eigenvalue weighted by atomic mass is 10.0. The molecule has 4 aromatic rings. The normalized spacial score (nSPS) is 11.9. The average molecular weight is 234 g/mol. The fraction of sp³-hybridized carbons (Fsp3) is 0.125. The van der Waals surface area contributed by atoms with Crippen LogP contribution in [-0.2, 0) is 0 Å². The SMILES string of the molecule is Cc1cc2c(ccc3ccc4[nH]c(C)cc4c32)[nH]1. The van der Waals surface area contributed by atoms with Crippen molar-refractivity contribution in [3.05, 3.63) is 47.8 Å². The predicted molar refractivity (Wildman–Crippen MR) is 77.1 cm³/mol. The lowest BCUT2D eigenvalue weighted by Gasteiger charge is -2.01. The van der Waals surface area contributed by atoms with Gasteiger partial charge >= 0.3 is 0 Å². The highest BCUT2D eigenvalue weighted by Crippen LogP contribution is 2.32. The largest absolute Gasteiger partial charge is 0.359 e. The van der Waals surface area contributed by atoms with Crippen molar-refractivity contribution in [2.45, 2.75) is 13.8 Å². The third-order valence-electron chi connectivity index (χ3n) is 3.65. The van der Waals surface area contributed by atoms with E-state index < -0.39 is 0 Å². The Morgan fingerprint density at radius 3 is 1.72 bits per heavy atom. The van der Waals surface area contributed by atoms with Gasteiger partial charge in [-0.2, -0.15) is 0 Å². The van der Waals surface area contributed by atoms with Crippen molar-refractivity contribution in [2.24, 2.45) is 0 Å². The van der Waals surface area contributed by atoms with Gasteiger partial charge in [-0.05, 0) is 43.5 Å². The van der Waals surface area contributed by atoms with Crippen molar-refractivity contribution in [2.75, 3.05) is 0 Å². The van der Waals surface area contributed by atoms with Crippen LogP contribution >= 0.6 is 0 Å². The van der Waals surface area contributed by atoms with Crippen LogP contribution in [0.25, 0.3) is 32.6 Å². The van der Waals surface area contributed by atoms with E-state index in [1.807, 2.05) is 0 Å². The lowest BCUT2D eigenvalue weighted by molar-refractivity contribution is 1.30. The second kappa shape index (κ2) is 3.16. The summed E-state index contributed by atoms with van der Waals surface area (Å²) in [5, 5.41) is 5.27. The van der Waals surface area contributed by atoms with Crippen LogP contribution < -0.4 is 0 Å². The van der Waals surface area contributed by atoms with Crippen LogP contribution in [0.4, 0.5) is 0 Å². The van der Waals surface area contributed by atoms with Gasteiger partial charge in [0.2, 0.25) is 0 Å². The molecule has 0 saturated carbocycles. The van der Waals surface area contributed by atoms with Crippen molar-refractivity contribution >= 4 is 32.6 Å². The molecule has 88 valence electrons. The maximum atomic E-state index is 3.41. The first-order valence-corrected chi connectivity index (χ1v) is 6.23. The summed E-state index contributed by atoms with van der Waals surface area (Å²) in [6.45, 7) is 4.21. The van der Waals surface area contributed by atoms with Gasteiger partial charge in [0.15, 0.2) is 0 Å². The molecule has 2 nitrogen and oxygen atoms in total. The number of aryl methyl sites for hydroxylation is 2. The minimum absolute atomic E-state index is 1.21. The summed E-state index contributed by atoms with van der Waals surface area (Å²) in [6.07, 6.45) is 0. The molecule has 2 heteroatoms. The fourth-order valence-electron chi connectivity index (χ4n) is 2.92. The molecule has 0 aliphatic rings. The highest BCUT2D eigenvalue weighted by atomic mass is 14.7. The zero-order valence-corrected chi connectivity index (χ0v) is 10.5. The summed E-state index contributed by atoms with van der Waals surface area (Å²) in [5.74, 6) is 0. The molecule has 0 atom stereocenters. The van der Waals surface area contributed by atoms with Gasteiger partial charge in [-0.1, -0.05) is 12.1 Å². The molecule has 2 N–H and O–H groups in total. The van der Waals surface area contributed by atoms with Crippen molar-refractivity contribution < 1.29 is 0 Å². The Balaban J connectivity index is 2.36. The van der Waals surface area contributed by atoms with E-state index in [4.69, 9.17) is 0 Å². The van der Waals surface area contributed by atoms with Gasteiger partial charge in [0, 0.05) is 38.6 Å². The number of fused-ring (bicyclic) bond motifs is 5. The van der Waals surface area contributed by atoms with Crippen LogP contribution in [0.3, 0.4) is 0 Å². The fourth-order valence-corrected chi connectivity index (χ4v) is 2.92. The summed E-state index contributed by atoms with van der Waals surface area (Å²) in [6, 6.07) is 13.2. The van der Waals surface area contributed by atoms with Gasteiger partial charge in [0.1, 0.15) is 0 Å². The first kappa shape index (κ1) is 9.77. The minimum atomic E-state index is 1.21. The van der Waals surface area contributed by atoms with Gasteiger partial charge in [-0.25, -0.2) is 0 Å². The van der Waals surface area contributed by atoms with Crippen LogP contribution in [0.15, 0.2) is 36.4 Å². The Bertz CT molecular complexity index is 822. The molecule has 0 aliphatic carbocycles. The molecular formula is C16H14N2. The molecule has 0 unspecified atom stereocenters. The number of rotatable bonds is 0. The highest BCUT2D eigenvalue weighted by molar-refractivity contribution is 6.19. The van der Waals surface area contributed by atoms with E-state index in [2.05, 4.69) is 60.2 Å². The number of aromatic amines is 2. The summed E-state index contributed by atoms with van der Waals surface area (Å²) >= 11 is 0. The average Bonchev–Trinajstić information content (AvgIpc) is 2.88. The molecule has 0 fully saturated rings. The van der Waals surface area contributed by atoms with E-state index >= 15 is 0 Å². The number of hydrogen-bond acceptors (Lipinski definition) is 0. The number of hydrogen-bond donors (Lipinski definition) is 2. The lowest BCUT2D eigenvalue weighted by Crippen LogP contribution is -1.76. The van der Waals surface area contributed by atoms with Crippen molar-refractivity contribution in [1.29, 1.82) is 0 Å². The predicted octanol–water partition coefficient (Wildman–Crippen LogP) is 4.42. The highest BCUT2D eigenvalue weighted by Gasteiger charge is 2.08. The molecule has 4 rings (SSSR count). The van der Waals surface area contributed by atoms with Gasteiger partial charge < -0.3 is 9.97 Å². The van der Waals surface area contributed by atoms with Crippen molar-refractivity contribution in [1.82, 2.24) is 9.97 Å². The van der Waals surface area contributed by atoms with Crippen molar-refractivity contribution in [3.63, 3.8) is 0 Å². The van der Waals surface area contributed by atoms with Crippen LogP contribution in [0.5, 0.6) is 0 Å². The maximum absolute atomic E-state index is 3.41. The smallest absolute Gasteiger partial charge is 0.0462 e. The molecule has 2 heterocycles. The van der Waals surface area contributed by atoms with Crippen LogP contribution in [0, 0.1) is 13.8 Å². The van der Waals surface area contributed by atoms with Crippen LogP contribution in [0.2, 0.25) is 0 Å². The molecule has 2 aromatic carbocycles. The quantitative estimate of drug-likeness (QED) is 0.451. The van der Waals surface area contributed by atoms with Crippen LogP contribution in [0.1, 0.15) is 11.4 Å². The van der Waals surface area contributed by atoms with Gasteiger partial charge in [0.25, 0.3) is 0 Å². The van der Waals surface area contributed by atoms with E-state index in [-0.39, 0.29) is 0 Å². The summed E-state index contributed by atoms with van der Waals surface area (Å²) in [7, 11) is 0. The van der Waals surface area contributed by atoms with Gasteiger partial charge in [0.05, 0.1) is 0 Å². The Morgan fingerprint density at radius 2 is 1.22 bits per heavy atom.